The topological polar surface area (TPSA) is 105 Å². The van der Waals surface area contributed by atoms with Gasteiger partial charge in [-0.05, 0) is 30.2 Å². The van der Waals surface area contributed by atoms with Gasteiger partial charge in [-0.15, -0.1) is 0 Å². The third-order valence-corrected chi connectivity index (χ3v) is 2.86. The van der Waals surface area contributed by atoms with Crippen LogP contribution < -0.4 is 5.32 Å². The second-order valence-electron chi connectivity index (χ2n) is 4.36. The number of hydrogen-bond acceptors (Lipinski definition) is 5. The Morgan fingerprint density at radius 3 is 2.67 bits per heavy atom. The number of nitro groups is 1. The van der Waals surface area contributed by atoms with Crippen LogP contribution in [0.4, 0.5) is 11.4 Å². The predicted molar refractivity (Wildman–Crippen MR) is 75.9 cm³/mol. The number of benzene rings is 1. The number of phenols is 1. The summed E-state index contributed by atoms with van der Waals surface area (Å²) in [5.41, 5.74) is 0.796. The van der Waals surface area contributed by atoms with Gasteiger partial charge in [-0.1, -0.05) is 0 Å². The zero-order valence-corrected chi connectivity index (χ0v) is 11.0. The molecule has 0 unspecified atom stereocenters. The van der Waals surface area contributed by atoms with Crippen LogP contribution in [0.15, 0.2) is 42.7 Å². The number of pyridine rings is 1. The number of nitrogens with zero attached hydrogens (tertiary/aromatic N) is 2. The second kappa shape index (κ2) is 6.47. The minimum absolute atomic E-state index is 0.0314. The van der Waals surface area contributed by atoms with E-state index in [1.807, 2.05) is 0 Å². The van der Waals surface area contributed by atoms with Crippen molar-refractivity contribution < 1.29 is 14.8 Å². The van der Waals surface area contributed by atoms with Crippen molar-refractivity contribution in [2.45, 2.75) is 12.8 Å². The monoisotopic (exact) mass is 287 g/mol. The Hall–Kier alpha value is -2.96. The third-order valence-electron chi connectivity index (χ3n) is 2.86. The van der Waals surface area contributed by atoms with Crippen LogP contribution in [0.25, 0.3) is 0 Å². The van der Waals surface area contributed by atoms with E-state index >= 15 is 0 Å². The Bertz CT molecular complexity index is 659. The van der Waals surface area contributed by atoms with Crippen LogP contribution in [0.3, 0.4) is 0 Å². The standard InChI is InChI=1S/C14H13N3O4/c18-13-3-2-11(17(20)21)9-12(13)16-14(19)4-1-10-5-7-15-8-6-10/h2-3,5-9,18H,1,4H2,(H,16,19). The maximum Gasteiger partial charge on any atom is 0.271 e. The molecule has 0 saturated heterocycles. The minimum atomic E-state index is -0.591. The maximum absolute atomic E-state index is 11.8. The average Bonchev–Trinajstić information content (AvgIpc) is 2.48. The fraction of sp³-hybridized carbons (Fsp3) is 0.143. The average molecular weight is 287 g/mol. The molecule has 2 aromatic rings. The van der Waals surface area contributed by atoms with Gasteiger partial charge in [0.2, 0.25) is 5.91 Å². The molecular weight excluding hydrogens is 274 g/mol. The summed E-state index contributed by atoms with van der Waals surface area (Å²) >= 11 is 0. The Morgan fingerprint density at radius 1 is 1.29 bits per heavy atom. The van der Waals surface area contributed by atoms with Gasteiger partial charge in [0.25, 0.3) is 5.69 Å². The van der Waals surface area contributed by atoms with E-state index in [-0.39, 0.29) is 29.5 Å². The van der Waals surface area contributed by atoms with Gasteiger partial charge in [-0.3, -0.25) is 19.9 Å². The molecule has 0 fully saturated rings. The van der Waals surface area contributed by atoms with E-state index in [2.05, 4.69) is 10.3 Å². The first-order valence-corrected chi connectivity index (χ1v) is 6.22. The van der Waals surface area contributed by atoms with Crippen molar-refractivity contribution in [3.05, 3.63) is 58.4 Å². The molecule has 1 amide bonds. The molecule has 0 aliphatic carbocycles. The Kier molecular flexibility index (Phi) is 4.45. The van der Waals surface area contributed by atoms with Gasteiger partial charge in [0, 0.05) is 30.9 Å². The number of aromatic hydroxyl groups is 1. The first-order valence-electron chi connectivity index (χ1n) is 6.22. The van der Waals surface area contributed by atoms with Crippen molar-refractivity contribution in [2.75, 3.05) is 5.32 Å². The van der Waals surface area contributed by atoms with Crippen LogP contribution in [0.5, 0.6) is 5.75 Å². The van der Waals surface area contributed by atoms with E-state index in [0.717, 1.165) is 11.6 Å². The first-order chi connectivity index (χ1) is 10.1. The number of aromatic nitrogens is 1. The highest BCUT2D eigenvalue weighted by Gasteiger charge is 2.12. The first kappa shape index (κ1) is 14.4. The van der Waals surface area contributed by atoms with E-state index in [1.165, 1.54) is 12.1 Å². The van der Waals surface area contributed by atoms with Crippen molar-refractivity contribution in [3.8, 4) is 5.75 Å². The number of hydrogen-bond donors (Lipinski definition) is 2. The molecule has 1 heterocycles. The number of non-ortho nitro benzene ring substituents is 1. The van der Waals surface area contributed by atoms with E-state index in [4.69, 9.17) is 0 Å². The number of amides is 1. The SMILES string of the molecule is O=C(CCc1ccncc1)Nc1cc([N+](=O)[O-])ccc1O. The number of aryl methyl sites for hydroxylation is 1. The smallest absolute Gasteiger partial charge is 0.271 e. The molecule has 2 rings (SSSR count). The molecule has 1 aromatic carbocycles. The number of nitro benzene ring substituents is 1. The lowest BCUT2D eigenvalue weighted by atomic mass is 10.1. The quantitative estimate of drug-likeness (QED) is 0.498. The van der Waals surface area contributed by atoms with Crippen LogP contribution in [-0.2, 0) is 11.2 Å². The third kappa shape index (κ3) is 4.00. The summed E-state index contributed by atoms with van der Waals surface area (Å²) in [6.07, 6.45) is 4.00. The Balaban J connectivity index is 1.99. The summed E-state index contributed by atoms with van der Waals surface area (Å²) in [5.74, 6) is -0.541. The lowest BCUT2D eigenvalue weighted by Gasteiger charge is -2.07. The highest BCUT2D eigenvalue weighted by atomic mass is 16.6. The predicted octanol–water partition coefficient (Wildman–Crippen LogP) is 2.27. The molecule has 108 valence electrons. The summed E-state index contributed by atoms with van der Waals surface area (Å²) in [6, 6.07) is 7.08. The van der Waals surface area contributed by atoms with Gasteiger partial charge in [-0.2, -0.15) is 0 Å². The Morgan fingerprint density at radius 2 is 2.00 bits per heavy atom. The summed E-state index contributed by atoms with van der Waals surface area (Å²) < 4.78 is 0. The lowest BCUT2D eigenvalue weighted by Crippen LogP contribution is -2.12. The molecule has 7 nitrogen and oxygen atoms in total. The van der Waals surface area contributed by atoms with E-state index in [0.29, 0.717) is 6.42 Å². The fourth-order valence-corrected chi connectivity index (χ4v) is 1.76. The molecule has 21 heavy (non-hydrogen) atoms. The van der Waals surface area contributed by atoms with Gasteiger partial charge >= 0.3 is 0 Å². The number of carbonyl (C=O) groups excluding carboxylic acids is 1. The number of phenolic OH excluding ortho intramolecular Hbond substituents is 1. The van der Waals surface area contributed by atoms with Crippen LogP contribution in [0.1, 0.15) is 12.0 Å². The van der Waals surface area contributed by atoms with Crippen molar-refractivity contribution in [1.82, 2.24) is 4.98 Å². The molecule has 0 spiro atoms. The van der Waals surface area contributed by atoms with E-state index in [9.17, 15) is 20.0 Å². The Labute approximate surface area is 120 Å². The van der Waals surface area contributed by atoms with Gasteiger partial charge in [0.1, 0.15) is 5.75 Å². The molecule has 0 aliphatic heterocycles. The van der Waals surface area contributed by atoms with Crippen LogP contribution in [0, 0.1) is 10.1 Å². The van der Waals surface area contributed by atoms with Gasteiger partial charge in [0.05, 0.1) is 10.6 Å². The molecule has 2 N–H and O–H groups in total. The van der Waals surface area contributed by atoms with E-state index < -0.39 is 4.92 Å². The second-order valence-corrected chi connectivity index (χ2v) is 4.36. The van der Waals surface area contributed by atoms with Crippen LogP contribution in [0.2, 0.25) is 0 Å². The normalized spacial score (nSPS) is 10.1. The zero-order chi connectivity index (χ0) is 15.2. The minimum Gasteiger partial charge on any atom is -0.506 e. The molecular formula is C14H13N3O4. The van der Waals surface area contributed by atoms with Crippen molar-refractivity contribution in [3.63, 3.8) is 0 Å². The lowest BCUT2D eigenvalue weighted by molar-refractivity contribution is -0.384. The number of rotatable bonds is 5. The van der Waals surface area contributed by atoms with Gasteiger partial charge in [-0.25, -0.2) is 0 Å². The van der Waals surface area contributed by atoms with Gasteiger partial charge < -0.3 is 10.4 Å². The largest absolute Gasteiger partial charge is 0.506 e. The van der Waals surface area contributed by atoms with Crippen LogP contribution in [-0.4, -0.2) is 20.9 Å². The zero-order valence-electron chi connectivity index (χ0n) is 11.0. The molecule has 0 saturated carbocycles. The molecule has 0 atom stereocenters. The number of nitrogens with one attached hydrogen (secondary N) is 1. The number of carbonyl (C=O) groups is 1. The summed E-state index contributed by atoms with van der Waals surface area (Å²) in [4.78, 5) is 25.8. The number of anilines is 1. The highest BCUT2D eigenvalue weighted by molar-refractivity contribution is 5.92. The maximum atomic E-state index is 11.8. The van der Waals surface area contributed by atoms with Crippen molar-refractivity contribution in [2.24, 2.45) is 0 Å². The van der Waals surface area contributed by atoms with Crippen LogP contribution >= 0.6 is 0 Å². The molecule has 1 aromatic heterocycles. The van der Waals surface area contributed by atoms with Gasteiger partial charge in [0.15, 0.2) is 0 Å². The fourth-order valence-electron chi connectivity index (χ4n) is 1.76. The summed E-state index contributed by atoms with van der Waals surface area (Å²) in [6.45, 7) is 0. The summed E-state index contributed by atoms with van der Waals surface area (Å²) in [7, 11) is 0. The molecule has 0 aliphatic rings. The van der Waals surface area contributed by atoms with Crippen molar-refractivity contribution >= 4 is 17.3 Å². The van der Waals surface area contributed by atoms with Crippen molar-refractivity contribution in [1.29, 1.82) is 0 Å². The summed E-state index contributed by atoms with van der Waals surface area (Å²) in [5, 5.41) is 22.7. The molecule has 7 heteroatoms. The molecule has 0 bridgehead atoms. The molecule has 0 radical (unpaired) electrons. The highest BCUT2D eigenvalue weighted by Crippen LogP contribution is 2.27. The van der Waals surface area contributed by atoms with E-state index in [1.54, 1.807) is 24.5 Å².